The Morgan fingerprint density at radius 1 is 1.39 bits per heavy atom. The summed E-state index contributed by atoms with van der Waals surface area (Å²) in [4.78, 5) is 27.7. The predicted molar refractivity (Wildman–Crippen MR) is 87.4 cm³/mol. The second-order valence-electron chi connectivity index (χ2n) is 5.20. The number of esters is 1. The van der Waals surface area contributed by atoms with E-state index in [4.69, 9.17) is 16.3 Å². The Bertz CT molecular complexity index is 712. The summed E-state index contributed by atoms with van der Waals surface area (Å²) in [6.45, 7) is 5.09. The molecule has 7 heteroatoms. The zero-order valence-electron chi connectivity index (χ0n) is 13.1. The van der Waals surface area contributed by atoms with Crippen LogP contribution in [0.5, 0.6) is 0 Å². The highest BCUT2D eigenvalue weighted by molar-refractivity contribution is 6.31. The number of halogens is 1. The largest absolute Gasteiger partial charge is 0.463 e. The van der Waals surface area contributed by atoms with E-state index in [0.717, 1.165) is 0 Å². The first kappa shape index (κ1) is 17.1. The van der Waals surface area contributed by atoms with Gasteiger partial charge < -0.3 is 4.74 Å². The first-order valence-electron chi connectivity index (χ1n) is 7.19. The molecule has 0 saturated carbocycles. The molecule has 0 N–H and O–H groups in total. The number of hydrogen-bond acceptors (Lipinski definition) is 5. The molecular weight excluding hydrogens is 320 g/mol. The molecule has 1 aromatic rings. The van der Waals surface area contributed by atoms with Gasteiger partial charge in [0.2, 0.25) is 0 Å². The molecule has 6 nitrogen and oxygen atoms in total. The monoisotopic (exact) mass is 336 g/mol. The van der Waals surface area contributed by atoms with Crippen LogP contribution in [0.25, 0.3) is 0 Å². The summed E-state index contributed by atoms with van der Waals surface area (Å²) < 4.78 is 5.07. The van der Waals surface area contributed by atoms with Crippen LogP contribution >= 0.6 is 11.6 Å². The molecule has 0 amide bonds. The molecule has 122 valence electrons. The predicted octanol–water partition coefficient (Wildman–Crippen LogP) is 3.38. The van der Waals surface area contributed by atoms with Gasteiger partial charge in [0.25, 0.3) is 6.04 Å². The maximum Gasteiger partial charge on any atom is 0.336 e. The van der Waals surface area contributed by atoms with E-state index in [1.165, 1.54) is 0 Å². The lowest BCUT2D eigenvalue weighted by atomic mass is 9.80. The quantitative estimate of drug-likeness (QED) is 0.479. The summed E-state index contributed by atoms with van der Waals surface area (Å²) in [5, 5.41) is 12.0. The lowest BCUT2D eigenvalue weighted by molar-refractivity contribution is -0.505. The Morgan fingerprint density at radius 2 is 2.04 bits per heavy atom. The molecule has 0 spiro atoms. The van der Waals surface area contributed by atoms with Crippen molar-refractivity contribution >= 4 is 23.3 Å². The summed E-state index contributed by atoms with van der Waals surface area (Å²) >= 11 is 6.23. The van der Waals surface area contributed by atoms with E-state index in [0.29, 0.717) is 22.0 Å². The topological polar surface area (TPSA) is 81.8 Å². The fraction of sp³-hybridized carbons (Fsp3) is 0.375. The summed E-state index contributed by atoms with van der Waals surface area (Å²) in [7, 11) is 0. The van der Waals surface area contributed by atoms with Gasteiger partial charge in [-0.1, -0.05) is 29.8 Å². The van der Waals surface area contributed by atoms with Gasteiger partial charge in [0.05, 0.1) is 23.8 Å². The molecule has 0 bridgehead atoms. The van der Waals surface area contributed by atoms with Crippen molar-refractivity contribution in [1.82, 2.24) is 0 Å². The van der Waals surface area contributed by atoms with Crippen molar-refractivity contribution in [2.24, 2.45) is 4.99 Å². The third kappa shape index (κ3) is 3.27. The molecule has 23 heavy (non-hydrogen) atoms. The van der Waals surface area contributed by atoms with E-state index in [2.05, 4.69) is 4.99 Å². The zero-order chi connectivity index (χ0) is 17.1. The number of nitrogens with zero attached hydrogens (tertiary/aromatic N) is 2. The Kier molecular flexibility index (Phi) is 5.15. The highest BCUT2D eigenvalue weighted by Gasteiger charge is 2.45. The van der Waals surface area contributed by atoms with Crippen LogP contribution in [0.1, 0.15) is 32.3 Å². The molecular formula is C16H17ClN2O4. The molecule has 0 saturated heterocycles. The van der Waals surface area contributed by atoms with Gasteiger partial charge in [-0.2, -0.15) is 0 Å². The van der Waals surface area contributed by atoms with Crippen LogP contribution in [0.15, 0.2) is 40.5 Å². The van der Waals surface area contributed by atoms with Crippen molar-refractivity contribution in [3.8, 4) is 0 Å². The van der Waals surface area contributed by atoms with Crippen molar-refractivity contribution in [3.63, 3.8) is 0 Å². The molecule has 0 fully saturated rings. The molecule has 2 rings (SSSR count). The van der Waals surface area contributed by atoms with Crippen LogP contribution in [0.4, 0.5) is 0 Å². The molecule has 1 heterocycles. The van der Waals surface area contributed by atoms with E-state index < -0.39 is 22.9 Å². The second kappa shape index (κ2) is 6.91. The summed E-state index contributed by atoms with van der Waals surface area (Å²) in [6.07, 6.45) is 0. The number of rotatable bonds is 4. The van der Waals surface area contributed by atoms with Crippen LogP contribution in [-0.4, -0.2) is 29.3 Å². The first-order chi connectivity index (χ1) is 10.9. The van der Waals surface area contributed by atoms with E-state index >= 15 is 0 Å². The van der Waals surface area contributed by atoms with Crippen LogP contribution < -0.4 is 0 Å². The number of ether oxygens (including phenoxy) is 1. The van der Waals surface area contributed by atoms with Crippen molar-refractivity contribution in [2.45, 2.75) is 32.7 Å². The molecule has 0 aromatic heterocycles. The lowest BCUT2D eigenvalue weighted by Gasteiger charge is -2.28. The molecule has 2 unspecified atom stereocenters. The Hall–Kier alpha value is -2.21. The Morgan fingerprint density at radius 3 is 2.61 bits per heavy atom. The van der Waals surface area contributed by atoms with E-state index in [1.54, 1.807) is 45.0 Å². The molecule has 0 aliphatic carbocycles. The van der Waals surface area contributed by atoms with Gasteiger partial charge in [-0.25, -0.2) is 4.79 Å². The number of nitro groups is 1. The smallest absolute Gasteiger partial charge is 0.336 e. The summed E-state index contributed by atoms with van der Waals surface area (Å²) in [5.41, 5.74) is 1.47. The van der Waals surface area contributed by atoms with Crippen molar-refractivity contribution in [2.75, 3.05) is 6.61 Å². The van der Waals surface area contributed by atoms with Crippen LogP contribution in [-0.2, 0) is 9.53 Å². The van der Waals surface area contributed by atoms with Gasteiger partial charge in [-0.05, 0) is 32.4 Å². The van der Waals surface area contributed by atoms with Crippen molar-refractivity contribution in [3.05, 3.63) is 56.2 Å². The van der Waals surface area contributed by atoms with Gasteiger partial charge in [-0.3, -0.25) is 15.1 Å². The fourth-order valence-electron chi connectivity index (χ4n) is 2.83. The molecule has 2 atom stereocenters. The molecule has 1 aliphatic rings. The molecule has 0 radical (unpaired) electrons. The summed E-state index contributed by atoms with van der Waals surface area (Å²) in [5.74, 6) is -1.42. The van der Waals surface area contributed by atoms with Crippen molar-refractivity contribution < 1.29 is 14.5 Å². The highest BCUT2D eigenvalue weighted by Crippen LogP contribution is 2.39. The summed E-state index contributed by atoms with van der Waals surface area (Å²) in [6, 6.07) is 5.65. The number of benzene rings is 1. The average Bonchev–Trinajstić information content (AvgIpc) is 2.46. The van der Waals surface area contributed by atoms with Crippen molar-refractivity contribution in [1.29, 1.82) is 0 Å². The highest BCUT2D eigenvalue weighted by atomic mass is 35.5. The van der Waals surface area contributed by atoms with Gasteiger partial charge >= 0.3 is 5.97 Å². The Labute approximate surface area is 139 Å². The minimum atomic E-state index is -1.15. The van der Waals surface area contributed by atoms with Crippen LogP contribution in [0.3, 0.4) is 0 Å². The number of aliphatic imine (C=N–C) groups is 1. The number of carbonyl (C=O) groups is 1. The minimum Gasteiger partial charge on any atom is -0.463 e. The SMILES string of the molecule is CCOC(=O)C1=C(C)N=C(C)C([N+](=O)[O-])C1c1ccccc1Cl. The number of carbonyl (C=O) groups excluding carboxylic acids is 1. The minimum absolute atomic E-state index is 0.177. The van der Waals surface area contributed by atoms with Gasteiger partial charge in [0, 0.05) is 15.6 Å². The second-order valence-corrected chi connectivity index (χ2v) is 5.61. The number of hydrogen-bond donors (Lipinski definition) is 0. The van der Waals surface area contributed by atoms with Gasteiger partial charge in [0.15, 0.2) is 0 Å². The molecule has 1 aliphatic heterocycles. The standard InChI is InChI=1S/C16H17ClN2O4/c1-4-23-16(20)13-9(2)18-10(3)15(19(21)22)14(13)11-7-5-6-8-12(11)17/h5-8,14-15H,4H2,1-3H3. The Balaban J connectivity index is 2.68. The van der Waals surface area contributed by atoms with Crippen LogP contribution in [0.2, 0.25) is 5.02 Å². The number of allylic oxidation sites excluding steroid dienone is 1. The van der Waals surface area contributed by atoms with Crippen LogP contribution in [0, 0.1) is 10.1 Å². The van der Waals surface area contributed by atoms with E-state index in [-0.39, 0.29) is 12.2 Å². The lowest BCUT2D eigenvalue weighted by Crippen LogP contribution is -2.40. The molecule has 1 aromatic carbocycles. The van der Waals surface area contributed by atoms with Gasteiger partial charge in [-0.15, -0.1) is 0 Å². The van der Waals surface area contributed by atoms with E-state index in [9.17, 15) is 14.9 Å². The first-order valence-corrected chi connectivity index (χ1v) is 7.57. The normalized spacial score (nSPS) is 21.0. The van der Waals surface area contributed by atoms with Gasteiger partial charge in [0.1, 0.15) is 0 Å². The third-order valence-electron chi connectivity index (χ3n) is 3.75. The fourth-order valence-corrected chi connectivity index (χ4v) is 3.08. The average molecular weight is 337 g/mol. The maximum atomic E-state index is 12.4. The maximum absolute atomic E-state index is 12.4. The van der Waals surface area contributed by atoms with E-state index in [1.807, 2.05) is 0 Å². The zero-order valence-corrected chi connectivity index (χ0v) is 13.8. The third-order valence-corrected chi connectivity index (χ3v) is 4.10.